The van der Waals surface area contributed by atoms with Crippen LogP contribution in [0.25, 0.3) is 0 Å². The molecule has 0 unspecified atom stereocenters. The van der Waals surface area contributed by atoms with E-state index >= 15 is 0 Å². The van der Waals surface area contributed by atoms with Crippen molar-refractivity contribution in [1.29, 1.82) is 5.41 Å². The maximum Gasteiger partial charge on any atom is 0.437 e. The van der Waals surface area contributed by atoms with Crippen molar-refractivity contribution in [2.24, 2.45) is 16.6 Å². The number of rotatable bonds is 8. The fourth-order valence-corrected chi connectivity index (χ4v) is 4.75. The first-order chi connectivity index (χ1) is 22.0. The Balaban J connectivity index is 1.60. The largest absolute Gasteiger partial charge is 0.464 e. The van der Waals surface area contributed by atoms with Gasteiger partial charge in [0.25, 0.3) is 5.91 Å². The quantitative estimate of drug-likeness (QED) is 0.133. The number of nitrogens with zero attached hydrogens (tertiary/aromatic N) is 2. The number of carbonyl (C=O) groups is 4. The van der Waals surface area contributed by atoms with Crippen molar-refractivity contribution in [1.82, 2.24) is 15.5 Å². The van der Waals surface area contributed by atoms with Crippen LogP contribution in [0.2, 0.25) is 0 Å². The SMILES string of the molecule is CC(C)(C)OC(=O)/N=C(\NC(=O)OC(C)(C)C)N1CCC(CCOC(=O)[C@H](NC(=O)c2cccc(C(=N)N)c2)c2ccccc2)CC1. The molecule has 3 amide bonds. The van der Waals surface area contributed by atoms with E-state index in [1.54, 1.807) is 88.9 Å². The van der Waals surface area contributed by atoms with Crippen LogP contribution in [0.1, 0.15) is 88.3 Å². The van der Waals surface area contributed by atoms with Gasteiger partial charge in [0, 0.05) is 24.2 Å². The number of nitrogens with one attached hydrogen (secondary N) is 3. The standard InChI is InChI=1S/C34H46N6O7/c1-33(2,3)46-31(43)38-30(39-32(44)47-34(4,5)6)40-18-15-22(16-19-40)17-20-45-29(42)26(23-11-8-7-9-12-23)37-28(41)25-14-10-13-24(21-25)27(35)36/h7-14,21-22,26H,15-20H2,1-6H3,(H3,35,36)(H,37,41)(H,38,39,43,44)/t26-/m1/s1. The first-order valence-corrected chi connectivity index (χ1v) is 15.5. The van der Waals surface area contributed by atoms with Gasteiger partial charge < -0.3 is 30.2 Å². The van der Waals surface area contributed by atoms with E-state index in [9.17, 15) is 19.2 Å². The molecule has 13 nitrogen and oxygen atoms in total. The molecule has 13 heteroatoms. The topological polar surface area (TPSA) is 186 Å². The normalized spacial score (nSPS) is 14.9. The molecule has 47 heavy (non-hydrogen) atoms. The van der Waals surface area contributed by atoms with Crippen molar-refractivity contribution < 1.29 is 33.4 Å². The van der Waals surface area contributed by atoms with E-state index in [1.165, 1.54) is 6.07 Å². The van der Waals surface area contributed by atoms with Crippen LogP contribution in [-0.4, -0.2) is 71.7 Å². The van der Waals surface area contributed by atoms with Gasteiger partial charge in [0.15, 0.2) is 6.04 Å². The van der Waals surface area contributed by atoms with Gasteiger partial charge in [0.2, 0.25) is 5.96 Å². The molecule has 1 aliphatic heterocycles. The molecular weight excluding hydrogens is 604 g/mol. The van der Waals surface area contributed by atoms with Crippen LogP contribution in [-0.2, 0) is 19.0 Å². The van der Waals surface area contributed by atoms with Crippen LogP contribution in [0.3, 0.4) is 0 Å². The number of hydrogen-bond acceptors (Lipinski definition) is 8. The highest BCUT2D eigenvalue weighted by Gasteiger charge is 2.28. The van der Waals surface area contributed by atoms with E-state index in [0.717, 1.165) is 0 Å². The number of esters is 1. The number of benzene rings is 2. The van der Waals surface area contributed by atoms with Gasteiger partial charge in [0.1, 0.15) is 17.0 Å². The predicted molar refractivity (Wildman–Crippen MR) is 177 cm³/mol. The van der Waals surface area contributed by atoms with Crippen molar-refractivity contribution in [2.75, 3.05) is 19.7 Å². The third kappa shape index (κ3) is 12.4. The van der Waals surface area contributed by atoms with Crippen molar-refractivity contribution in [3.05, 3.63) is 71.3 Å². The number of likely N-dealkylation sites (tertiary alicyclic amines) is 1. The minimum absolute atomic E-state index is 0.0497. The number of piperidine rings is 1. The monoisotopic (exact) mass is 650 g/mol. The molecule has 5 N–H and O–H groups in total. The van der Waals surface area contributed by atoms with Crippen molar-refractivity contribution in [2.45, 2.75) is 78.0 Å². The van der Waals surface area contributed by atoms with E-state index in [0.29, 0.717) is 43.5 Å². The van der Waals surface area contributed by atoms with Gasteiger partial charge in [-0.2, -0.15) is 0 Å². The van der Waals surface area contributed by atoms with E-state index in [1.807, 2.05) is 6.07 Å². The number of amides is 3. The van der Waals surface area contributed by atoms with Crippen LogP contribution < -0.4 is 16.4 Å². The smallest absolute Gasteiger partial charge is 0.437 e. The molecule has 3 rings (SSSR count). The highest BCUT2D eigenvalue weighted by atomic mass is 16.6. The molecule has 0 aromatic heterocycles. The van der Waals surface area contributed by atoms with Gasteiger partial charge in [-0.3, -0.25) is 15.5 Å². The van der Waals surface area contributed by atoms with E-state index in [-0.39, 0.29) is 29.9 Å². The Bertz CT molecular complexity index is 1460. The Labute approximate surface area is 275 Å². The van der Waals surface area contributed by atoms with Gasteiger partial charge in [-0.15, -0.1) is 4.99 Å². The Hall–Kier alpha value is -4.94. The number of aliphatic imine (C=N–C) groups is 1. The van der Waals surface area contributed by atoms with Crippen LogP contribution in [0, 0.1) is 11.3 Å². The van der Waals surface area contributed by atoms with Crippen LogP contribution in [0.15, 0.2) is 59.6 Å². The molecule has 1 fully saturated rings. The summed E-state index contributed by atoms with van der Waals surface area (Å²) in [5.74, 6) is -1.03. The number of amidine groups is 1. The van der Waals surface area contributed by atoms with Gasteiger partial charge in [-0.1, -0.05) is 42.5 Å². The number of guanidine groups is 1. The van der Waals surface area contributed by atoms with Gasteiger partial charge >= 0.3 is 18.2 Å². The third-order valence-electron chi connectivity index (χ3n) is 6.97. The summed E-state index contributed by atoms with van der Waals surface area (Å²) in [4.78, 5) is 57.1. The van der Waals surface area contributed by atoms with Crippen molar-refractivity contribution in [3.63, 3.8) is 0 Å². The second-order valence-electron chi connectivity index (χ2n) is 13.2. The highest BCUT2D eigenvalue weighted by molar-refractivity contribution is 6.01. The average Bonchev–Trinajstić information content (AvgIpc) is 2.98. The molecule has 1 saturated heterocycles. The highest BCUT2D eigenvalue weighted by Crippen LogP contribution is 2.22. The molecular formula is C34H46N6O7. The molecule has 1 atom stereocenters. The summed E-state index contributed by atoms with van der Waals surface area (Å²) in [6.07, 6.45) is 0.385. The summed E-state index contributed by atoms with van der Waals surface area (Å²) >= 11 is 0. The van der Waals surface area contributed by atoms with Gasteiger partial charge in [-0.05, 0) is 84.4 Å². The Kier molecular flexibility index (Phi) is 12.5. The van der Waals surface area contributed by atoms with E-state index in [4.69, 9.17) is 25.4 Å². The first-order valence-electron chi connectivity index (χ1n) is 15.5. The van der Waals surface area contributed by atoms with Crippen molar-refractivity contribution in [3.8, 4) is 0 Å². The fourth-order valence-electron chi connectivity index (χ4n) is 4.75. The summed E-state index contributed by atoms with van der Waals surface area (Å²) in [6, 6.07) is 14.1. The Morgan fingerprint density at radius 1 is 0.936 bits per heavy atom. The van der Waals surface area contributed by atoms with Crippen LogP contribution >= 0.6 is 0 Å². The van der Waals surface area contributed by atoms with Crippen LogP contribution in [0.4, 0.5) is 9.59 Å². The lowest BCUT2D eigenvalue weighted by Crippen LogP contribution is -2.49. The lowest BCUT2D eigenvalue weighted by molar-refractivity contribution is -0.146. The minimum atomic E-state index is -1.04. The molecule has 1 heterocycles. The molecule has 0 spiro atoms. The maximum absolute atomic E-state index is 13.3. The number of nitrogens with two attached hydrogens (primary N) is 1. The summed E-state index contributed by atoms with van der Waals surface area (Å²) in [5, 5.41) is 13.0. The Morgan fingerprint density at radius 3 is 2.15 bits per heavy atom. The number of carbonyl (C=O) groups excluding carboxylic acids is 4. The zero-order chi connectivity index (χ0) is 34.8. The lowest BCUT2D eigenvalue weighted by Gasteiger charge is -2.34. The van der Waals surface area contributed by atoms with Crippen molar-refractivity contribution >= 4 is 35.9 Å². The molecule has 0 bridgehead atoms. The predicted octanol–water partition coefficient (Wildman–Crippen LogP) is 4.90. The molecule has 0 radical (unpaired) electrons. The molecule has 254 valence electrons. The summed E-state index contributed by atoms with van der Waals surface area (Å²) < 4.78 is 16.3. The van der Waals surface area contributed by atoms with Gasteiger partial charge in [0.05, 0.1) is 6.61 Å². The second kappa shape index (κ2) is 16.1. The third-order valence-corrected chi connectivity index (χ3v) is 6.97. The van der Waals surface area contributed by atoms with E-state index in [2.05, 4.69) is 15.6 Å². The Morgan fingerprint density at radius 2 is 1.55 bits per heavy atom. The molecule has 0 saturated carbocycles. The van der Waals surface area contributed by atoms with Gasteiger partial charge in [-0.25, -0.2) is 14.4 Å². The lowest BCUT2D eigenvalue weighted by atomic mass is 9.94. The zero-order valence-electron chi connectivity index (χ0n) is 27.9. The average molecular weight is 651 g/mol. The summed E-state index contributed by atoms with van der Waals surface area (Å²) in [6.45, 7) is 11.5. The van der Waals surface area contributed by atoms with E-state index < -0.39 is 41.3 Å². The second-order valence-corrected chi connectivity index (χ2v) is 13.2. The maximum atomic E-state index is 13.3. The number of hydrogen-bond donors (Lipinski definition) is 4. The summed E-state index contributed by atoms with van der Waals surface area (Å²) in [7, 11) is 0. The number of ether oxygens (including phenoxy) is 3. The summed E-state index contributed by atoms with van der Waals surface area (Å²) in [5.41, 5.74) is 5.29. The molecule has 2 aromatic rings. The van der Waals surface area contributed by atoms with Crippen LogP contribution in [0.5, 0.6) is 0 Å². The fraction of sp³-hybridized carbons (Fsp3) is 0.471. The minimum Gasteiger partial charge on any atom is -0.464 e. The molecule has 1 aliphatic rings. The first kappa shape index (κ1) is 36.5. The molecule has 0 aliphatic carbocycles. The zero-order valence-corrected chi connectivity index (χ0v) is 27.9. The number of alkyl carbamates (subject to hydrolysis) is 1. The molecule has 2 aromatic carbocycles. The number of nitrogen functional groups attached to an aromatic ring is 1.